The average molecular weight is 311 g/mol. The van der Waals surface area contributed by atoms with Gasteiger partial charge >= 0.3 is 5.97 Å². The molecule has 5 heteroatoms. The molecule has 118 valence electrons. The van der Waals surface area contributed by atoms with Crippen molar-refractivity contribution in [3.8, 4) is 5.75 Å². The van der Waals surface area contributed by atoms with Crippen molar-refractivity contribution in [1.29, 1.82) is 0 Å². The lowest BCUT2D eigenvalue weighted by Crippen LogP contribution is -2.20. The fourth-order valence-corrected chi connectivity index (χ4v) is 1.80. The maximum absolute atomic E-state index is 11.9. The van der Waals surface area contributed by atoms with Gasteiger partial charge in [0.15, 0.2) is 6.61 Å². The summed E-state index contributed by atoms with van der Waals surface area (Å²) in [5.41, 5.74) is 6.43. The van der Waals surface area contributed by atoms with Gasteiger partial charge in [-0.15, -0.1) is 0 Å². The Hall–Kier alpha value is -3.08. The van der Waals surface area contributed by atoms with Crippen molar-refractivity contribution in [1.82, 2.24) is 0 Å². The molecule has 0 aliphatic carbocycles. The largest absolute Gasteiger partial charge is 0.484 e. The maximum atomic E-state index is 11.9. The number of ether oxygens (including phenoxy) is 2. The van der Waals surface area contributed by atoms with Gasteiger partial charge in [0.2, 0.25) is 0 Å². The molecule has 1 amide bonds. The van der Waals surface area contributed by atoms with E-state index in [2.05, 4.69) is 0 Å². The van der Waals surface area contributed by atoms with E-state index in [1.54, 1.807) is 30.3 Å². The molecule has 0 saturated heterocycles. The predicted octanol–water partition coefficient (Wildman–Crippen LogP) is 2.42. The summed E-state index contributed by atoms with van der Waals surface area (Å²) in [7, 11) is 0. The average Bonchev–Trinajstić information content (AvgIpc) is 2.58. The Balaban J connectivity index is 1.81. The number of carbonyl (C=O) groups is 2. The molecule has 2 aromatic carbocycles. The van der Waals surface area contributed by atoms with Crippen LogP contribution >= 0.6 is 0 Å². The van der Waals surface area contributed by atoms with Crippen LogP contribution in [0.3, 0.4) is 0 Å². The van der Waals surface area contributed by atoms with E-state index in [9.17, 15) is 9.59 Å². The van der Waals surface area contributed by atoms with E-state index in [1.165, 1.54) is 0 Å². The van der Waals surface area contributed by atoms with E-state index in [4.69, 9.17) is 15.2 Å². The molecule has 0 saturated carbocycles. The summed E-state index contributed by atoms with van der Waals surface area (Å²) in [5, 5.41) is 0. The van der Waals surface area contributed by atoms with Gasteiger partial charge < -0.3 is 15.2 Å². The Bertz CT molecular complexity index is 678. The number of esters is 1. The van der Waals surface area contributed by atoms with Gasteiger partial charge in [-0.05, 0) is 35.9 Å². The van der Waals surface area contributed by atoms with E-state index in [0.717, 1.165) is 5.56 Å². The fourth-order valence-electron chi connectivity index (χ4n) is 1.80. The van der Waals surface area contributed by atoms with Gasteiger partial charge in [-0.3, -0.25) is 4.79 Å². The molecular formula is C18H17NO4. The minimum Gasteiger partial charge on any atom is -0.484 e. The number of rotatable bonds is 7. The van der Waals surface area contributed by atoms with Crippen molar-refractivity contribution in [3.63, 3.8) is 0 Å². The van der Waals surface area contributed by atoms with E-state index in [-0.39, 0.29) is 13.2 Å². The highest BCUT2D eigenvalue weighted by Crippen LogP contribution is 2.13. The normalized spacial score (nSPS) is 10.4. The third kappa shape index (κ3) is 5.67. The summed E-state index contributed by atoms with van der Waals surface area (Å²) in [4.78, 5) is 22.5. The van der Waals surface area contributed by atoms with Crippen molar-refractivity contribution in [2.24, 2.45) is 5.73 Å². The summed E-state index contributed by atoms with van der Waals surface area (Å²) in [6.45, 7) is -0.0122. The van der Waals surface area contributed by atoms with Gasteiger partial charge in [-0.2, -0.15) is 0 Å². The number of carbonyl (C=O) groups excluding carboxylic acids is 2. The quantitative estimate of drug-likeness (QED) is 0.797. The molecule has 0 radical (unpaired) electrons. The minimum atomic E-state index is -0.557. The molecule has 2 aromatic rings. The summed E-state index contributed by atoms with van der Waals surface area (Å²) in [6, 6.07) is 16.0. The van der Waals surface area contributed by atoms with E-state index >= 15 is 0 Å². The highest BCUT2D eigenvalue weighted by molar-refractivity contribution is 5.89. The second kappa shape index (κ2) is 8.38. The standard InChI is InChI=1S/C18H17NO4/c19-17(20)13-23-16-10-8-15(9-11-16)18(21)22-12-4-7-14-5-2-1-3-6-14/h1-11H,12-13H2,(H2,19,20)/b7-4+. The monoisotopic (exact) mass is 311 g/mol. The van der Waals surface area contributed by atoms with Crippen LogP contribution in [0.2, 0.25) is 0 Å². The Kier molecular flexibility index (Phi) is 5.94. The fraction of sp³-hybridized carbons (Fsp3) is 0.111. The lowest BCUT2D eigenvalue weighted by molar-refractivity contribution is -0.119. The molecule has 0 aromatic heterocycles. The molecular weight excluding hydrogens is 294 g/mol. The molecule has 2 N–H and O–H groups in total. The molecule has 0 fully saturated rings. The van der Waals surface area contributed by atoms with Crippen molar-refractivity contribution in [2.75, 3.05) is 13.2 Å². The van der Waals surface area contributed by atoms with Gasteiger partial charge in [-0.25, -0.2) is 4.79 Å². The minimum absolute atomic E-state index is 0.188. The van der Waals surface area contributed by atoms with Crippen LogP contribution in [0.25, 0.3) is 6.08 Å². The summed E-state index contributed by atoms with van der Waals surface area (Å²) < 4.78 is 10.3. The highest BCUT2D eigenvalue weighted by atomic mass is 16.5. The first-order valence-corrected chi connectivity index (χ1v) is 7.05. The predicted molar refractivity (Wildman–Crippen MR) is 86.9 cm³/mol. The van der Waals surface area contributed by atoms with Crippen LogP contribution in [0, 0.1) is 0 Å². The molecule has 0 bridgehead atoms. The van der Waals surface area contributed by atoms with Crippen molar-refractivity contribution < 1.29 is 19.1 Å². The molecule has 0 atom stereocenters. The number of primary amides is 1. The third-order valence-electron chi connectivity index (χ3n) is 2.89. The van der Waals surface area contributed by atoms with Crippen molar-refractivity contribution in [2.45, 2.75) is 0 Å². The molecule has 0 aliphatic heterocycles. The van der Waals surface area contributed by atoms with Gasteiger partial charge in [0.1, 0.15) is 12.4 Å². The molecule has 0 unspecified atom stereocenters. The zero-order chi connectivity index (χ0) is 16.5. The topological polar surface area (TPSA) is 78.6 Å². The first-order chi connectivity index (χ1) is 11.1. The van der Waals surface area contributed by atoms with E-state index in [1.807, 2.05) is 36.4 Å². The van der Waals surface area contributed by atoms with Crippen LogP contribution < -0.4 is 10.5 Å². The lowest BCUT2D eigenvalue weighted by Gasteiger charge is -2.05. The number of amides is 1. The Labute approximate surface area is 134 Å². The molecule has 5 nitrogen and oxygen atoms in total. The summed E-state index contributed by atoms with van der Waals surface area (Å²) >= 11 is 0. The SMILES string of the molecule is NC(=O)COc1ccc(C(=O)OC/C=C/c2ccccc2)cc1. The van der Waals surface area contributed by atoms with E-state index < -0.39 is 11.9 Å². The third-order valence-corrected chi connectivity index (χ3v) is 2.89. The van der Waals surface area contributed by atoms with Crippen molar-refractivity contribution >= 4 is 18.0 Å². The van der Waals surface area contributed by atoms with Gasteiger partial charge in [0.25, 0.3) is 5.91 Å². The van der Waals surface area contributed by atoms with Crippen LogP contribution in [0.5, 0.6) is 5.75 Å². The lowest BCUT2D eigenvalue weighted by atomic mass is 10.2. The van der Waals surface area contributed by atoms with Crippen LogP contribution in [0.15, 0.2) is 60.7 Å². The summed E-state index contributed by atoms with van der Waals surface area (Å²) in [6.07, 6.45) is 3.66. The molecule has 2 rings (SSSR count). The first kappa shape index (κ1) is 16.3. The van der Waals surface area contributed by atoms with Crippen LogP contribution in [0.4, 0.5) is 0 Å². The molecule has 0 spiro atoms. The van der Waals surface area contributed by atoms with Gasteiger partial charge in [0.05, 0.1) is 5.56 Å². The van der Waals surface area contributed by atoms with Crippen LogP contribution in [-0.4, -0.2) is 25.1 Å². The van der Waals surface area contributed by atoms with E-state index in [0.29, 0.717) is 11.3 Å². The van der Waals surface area contributed by atoms with Crippen LogP contribution in [0.1, 0.15) is 15.9 Å². The first-order valence-electron chi connectivity index (χ1n) is 7.05. The van der Waals surface area contributed by atoms with Crippen molar-refractivity contribution in [3.05, 3.63) is 71.8 Å². The number of nitrogens with two attached hydrogens (primary N) is 1. The zero-order valence-corrected chi connectivity index (χ0v) is 12.5. The van der Waals surface area contributed by atoms with Gasteiger partial charge in [-0.1, -0.05) is 36.4 Å². The maximum Gasteiger partial charge on any atom is 0.338 e. The Morgan fingerprint density at radius 3 is 2.35 bits per heavy atom. The second-order valence-electron chi connectivity index (χ2n) is 4.69. The molecule has 23 heavy (non-hydrogen) atoms. The highest BCUT2D eigenvalue weighted by Gasteiger charge is 2.06. The number of hydrogen-bond donors (Lipinski definition) is 1. The molecule has 0 heterocycles. The number of hydrogen-bond acceptors (Lipinski definition) is 4. The smallest absolute Gasteiger partial charge is 0.338 e. The summed E-state index contributed by atoms with van der Waals surface area (Å²) in [5.74, 6) is -0.521. The second-order valence-corrected chi connectivity index (χ2v) is 4.69. The van der Waals surface area contributed by atoms with Crippen LogP contribution in [-0.2, 0) is 9.53 Å². The zero-order valence-electron chi connectivity index (χ0n) is 12.5. The molecule has 0 aliphatic rings. The Morgan fingerprint density at radius 1 is 1.00 bits per heavy atom. The van der Waals surface area contributed by atoms with Gasteiger partial charge in [0, 0.05) is 0 Å². The Morgan fingerprint density at radius 2 is 1.70 bits per heavy atom. The number of benzene rings is 2.